The first-order chi connectivity index (χ1) is 6.60. The maximum absolute atomic E-state index is 11.3. The minimum Gasteiger partial charge on any atom is -0.298 e. The van der Waals surface area contributed by atoms with Gasteiger partial charge in [0.05, 0.1) is 0 Å². The molecule has 0 saturated carbocycles. The van der Waals surface area contributed by atoms with Crippen LogP contribution in [0.3, 0.4) is 0 Å². The zero-order valence-corrected chi connectivity index (χ0v) is 9.27. The highest BCUT2D eigenvalue weighted by atomic mass is 32.2. The van der Waals surface area contributed by atoms with Crippen LogP contribution in [-0.2, 0) is 0 Å². The van der Waals surface area contributed by atoms with E-state index in [1.807, 2.05) is 19.2 Å². The second kappa shape index (κ2) is 4.42. The number of aryl methyl sites for hydroxylation is 1. The van der Waals surface area contributed by atoms with Gasteiger partial charge in [0, 0.05) is 16.0 Å². The number of thioether (sulfide) groups is 1. The van der Waals surface area contributed by atoms with Crippen molar-refractivity contribution in [2.24, 2.45) is 0 Å². The number of ketones is 1. The third-order valence-corrected chi connectivity index (χ3v) is 2.84. The molecule has 0 radical (unpaired) electrons. The largest absolute Gasteiger partial charge is 0.298 e. The van der Waals surface area contributed by atoms with Crippen molar-refractivity contribution < 1.29 is 9.59 Å². The molecule has 0 N–H and O–H groups in total. The SMILES string of the molecule is CSc1c(C=O)cc(C)cc1C(C)=O. The van der Waals surface area contributed by atoms with Crippen LogP contribution in [0.2, 0.25) is 0 Å². The average Bonchev–Trinajstić information content (AvgIpc) is 2.16. The standard InChI is InChI=1S/C11H12O2S/c1-7-4-9(6-12)11(14-3)10(5-7)8(2)13/h4-6H,1-3H3. The highest BCUT2D eigenvalue weighted by Crippen LogP contribution is 2.25. The molecular formula is C11H12O2S. The lowest BCUT2D eigenvalue weighted by atomic mass is 10.0. The molecule has 0 amide bonds. The fourth-order valence-electron chi connectivity index (χ4n) is 1.38. The second-order valence-corrected chi connectivity index (χ2v) is 3.93. The normalized spacial score (nSPS) is 9.93. The monoisotopic (exact) mass is 208 g/mol. The lowest BCUT2D eigenvalue weighted by Crippen LogP contribution is -1.99. The fourth-order valence-corrected chi connectivity index (χ4v) is 2.14. The summed E-state index contributed by atoms with van der Waals surface area (Å²) in [4.78, 5) is 22.9. The van der Waals surface area contributed by atoms with E-state index in [9.17, 15) is 9.59 Å². The summed E-state index contributed by atoms with van der Waals surface area (Å²) in [6, 6.07) is 3.62. The van der Waals surface area contributed by atoms with Crippen LogP contribution >= 0.6 is 11.8 Å². The molecule has 0 fully saturated rings. The maximum atomic E-state index is 11.3. The first-order valence-electron chi connectivity index (χ1n) is 4.25. The van der Waals surface area contributed by atoms with Crippen molar-refractivity contribution in [3.8, 4) is 0 Å². The van der Waals surface area contributed by atoms with E-state index in [0.29, 0.717) is 11.1 Å². The summed E-state index contributed by atoms with van der Waals surface area (Å²) in [5.74, 6) is 0.00106. The third kappa shape index (κ3) is 2.04. The topological polar surface area (TPSA) is 34.1 Å². The maximum Gasteiger partial charge on any atom is 0.160 e. The van der Waals surface area contributed by atoms with E-state index in [1.54, 1.807) is 6.07 Å². The van der Waals surface area contributed by atoms with Crippen molar-refractivity contribution in [3.05, 3.63) is 28.8 Å². The summed E-state index contributed by atoms with van der Waals surface area (Å²) >= 11 is 1.43. The predicted octanol–water partition coefficient (Wildman–Crippen LogP) is 2.73. The van der Waals surface area contributed by atoms with Crippen molar-refractivity contribution in [2.45, 2.75) is 18.7 Å². The number of hydrogen-bond donors (Lipinski definition) is 0. The Morgan fingerprint density at radius 1 is 1.43 bits per heavy atom. The van der Waals surface area contributed by atoms with E-state index in [2.05, 4.69) is 0 Å². The molecule has 0 aromatic heterocycles. The zero-order chi connectivity index (χ0) is 10.7. The molecule has 0 heterocycles. The van der Waals surface area contributed by atoms with E-state index in [1.165, 1.54) is 18.7 Å². The van der Waals surface area contributed by atoms with Crippen molar-refractivity contribution in [1.29, 1.82) is 0 Å². The van der Waals surface area contributed by atoms with Gasteiger partial charge in [0.25, 0.3) is 0 Å². The van der Waals surface area contributed by atoms with Crippen LogP contribution in [0.15, 0.2) is 17.0 Å². The molecule has 0 aliphatic heterocycles. The van der Waals surface area contributed by atoms with E-state index in [4.69, 9.17) is 0 Å². The fraction of sp³-hybridized carbons (Fsp3) is 0.273. The van der Waals surface area contributed by atoms with Gasteiger partial charge < -0.3 is 0 Å². The Hall–Kier alpha value is -1.09. The Balaban J connectivity index is 3.46. The van der Waals surface area contributed by atoms with Crippen LogP contribution in [0, 0.1) is 6.92 Å². The van der Waals surface area contributed by atoms with Crippen molar-refractivity contribution in [3.63, 3.8) is 0 Å². The Kier molecular flexibility index (Phi) is 3.47. The van der Waals surface area contributed by atoms with Crippen molar-refractivity contribution >= 4 is 23.8 Å². The summed E-state index contributed by atoms with van der Waals surface area (Å²) in [5.41, 5.74) is 2.18. The summed E-state index contributed by atoms with van der Waals surface area (Å²) in [5, 5.41) is 0. The number of Topliss-reactive ketones (excluding diaryl/α,β-unsaturated/α-hetero) is 1. The molecule has 1 aromatic rings. The van der Waals surface area contributed by atoms with Crippen LogP contribution in [0.4, 0.5) is 0 Å². The van der Waals surface area contributed by atoms with Gasteiger partial charge in [-0.05, 0) is 37.8 Å². The van der Waals surface area contributed by atoms with Gasteiger partial charge in [-0.1, -0.05) is 0 Å². The number of aldehydes is 1. The molecule has 1 rings (SSSR count). The van der Waals surface area contributed by atoms with Crippen LogP contribution in [-0.4, -0.2) is 18.3 Å². The van der Waals surface area contributed by atoms with Crippen LogP contribution in [0.25, 0.3) is 0 Å². The molecule has 0 aliphatic rings. The van der Waals surface area contributed by atoms with Gasteiger partial charge in [0.15, 0.2) is 12.1 Å². The Labute approximate surface area is 87.7 Å². The number of carbonyl (C=O) groups is 2. The molecule has 14 heavy (non-hydrogen) atoms. The third-order valence-electron chi connectivity index (χ3n) is 1.97. The van der Waals surface area contributed by atoms with E-state index < -0.39 is 0 Å². The van der Waals surface area contributed by atoms with Gasteiger partial charge in [-0.15, -0.1) is 11.8 Å². The van der Waals surface area contributed by atoms with Gasteiger partial charge in [-0.25, -0.2) is 0 Å². The second-order valence-electron chi connectivity index (χ2n) is 3.11. The summed E-state index contributed by atoms with van der Waals surface area (Å²) in [6.07, 6.45) is 2.66. The minimum absolute atomic E-state index is 0.00106. The van der Waals surface area contributed by atoms with E-state index in [0.717, 1.165) is 16.7 Å². The Morgan fingerprint density at radius 3 is 2.50 bits per heavy atom. The first kappa shape index (κ1) is 11.0. The van der Waals surface area contributed by atoms with Gasteiger partial charge >= 0.3 is 0 Å². The van der Waals surface area contributed by atoms with E-state index >= 15 is 0 Å². The van der Waals surface area contributed by atoms with E-state index in [-0.39, 0.29) is 5.78 Å². The molecule has 0 bridgehead atoms. The molecule has 0 aliphatic carbocycles. The molecular weight excluding hydrogens is 196 g/mol. The van der Waals surface area contributed by atoms with Crippen LogP contribution in [0.5, 0.6) is 0 Å². The summed E-state index contributed by atoms with van der Waals surface area (Å²) < 4.78 is 0. The molecule has 0 unspecified atom stereocenters. The molecule has 0 saturated heterocycles. The van der Waals surface area contributed by atoms with Crippen molar-refractivity contribution in [2.75, 3.05) is 6.26 Å². The Bertz CT molecular complexity index is 383. The molecule has 74 valence electrons. The lowest BCUT2D eigenvalue weighted by Gasteiger charge is -2.08. The summed E-state index contributed by atoms with van der Waals surface area (Å²) in [7, 11) is 0. The zero-order valence-electron chi connectivity index (χ0n) is 8.46. The molecule has 0 atom stereocenters. The van der Waals surface area contributed by atoms with Gasteiger partial charge in [0.1, 0.15) is 0 Å². The van der Waals surface area contributed by atoms with Crippen molar-refractivity contribution in [1.82, 2.24) is 0 Å². The predicted molar refractivity (Wildman–Crippen MR) is 58.4 cm³/mol. The van der Waals surface area contributed by atoms with Crippen LogP contribution in [0.1, 0.15) is 33.2 Å². The smallest absolute Gasteiger partial charge is 0.160 e. The van der Waals surface area contributed by atoms with Gasteiger partial charge in [-0.3, -0.25) is 9.59 Å². The highest BCUT2D eigenvalue weighted by Gasteiger charge is 2.11. The molecule has 0 spiro atoms. The minimum atomic E-state index is 0.00106. The molecule has 3 heteroatoms. The first-order valence-corrected chi connectivity index (χ1v) is 5.47. The number of hydrogen-bond acceptors (Lipinski definition) is 3. The molecule has 1 aromatic carbocycles. The number of benzene rings is 1. The van der Waals surface area contributed by atoms with Gasteiger partial charge in [0.2, 0.25) is 0 Å². The quantitative estimate of drug-likeness (QED) is 0.435. The van der Waals surface area contributed by atoms with Gasteiger partial charge in [-0.2, -0.15) is 0 Å². The number of rotatable bonds is 3. The summed E-state index contributed by atoms with van der Waals surface area (Å²) in [6.45, 7) is 3.40. The Morgan fingerprint density at radius 2 is 2.07 bits per heavy atom. The van der Waals surface area contributed by atoms with Crippen LogP contribution < -0.4 is 0 Å². The average molecular weight is 208 g/mol. The lowest BCUT2D eigenvalue weighted by molar-refractivity contribution is 0.101. The highest BCUT2D eigenvalue weighted by molar-refractivity contribution is 7.98. The molecule has 2 nitrogen and oxygen atoms in total. The number of carbonyl (C=O) groups excluding carboxylic acids is 2.